The summed E-state index contributed by atoms with van der Waals surface area (Å²) in [5.41, 5.74) is -0.274. The van der Waals surface area contributed by atoms with Gasteiger partial charge in [-0.2, -0.15) is 0 Å². The Morgan fingerprint density at radius 1 is 0.958 bits per heavy atom. The van der Waals surface area contributed by atoms with Crippen molar-refractivity contribution < 1.29 is 22.6 Å². The first-order valence-electron chi connectivity index (χ1n) is 7.26. The molecule has 0 saturated carbocycles. The van der Waals surface area contributed by atoms with E-state index in [9.17, 15) is 13.2 Å². The van der Waals surface area contributed by atoms with Gasteiger partial charge in [-0.3, -0.25) is 0 Å². The molecular formula is C17H17F3N2O2. The summed E-state index contributed by atoms with van der Waals surface area (Å²) < 4.78 is 50.2. The quantitative estimate of drug-likeness (QED) is 0.584. The maximum Gasteiger partial charge on any atom is 0.222 e. The SMILES string of the molecule is COC1=NC(C(C)C)C(OC)=NC1C#Cc1cc(F)c(F)cc1F. The van der Waals surface area contributed by atoms with Gasteiger partial charge in [-0.15, -0.1) is 0 Å². The van der Waals surface area contributed by atoms with Gasteiger partial charge in [-0.1, -0.05) is 25.7 Å². The maximum absolute atomic E-state index is 13.6. The van der Waals surface area contributed by atoms with E-state index in [1.807, 2.05) is 13.8 Å². The van der Waals surface area contributed by atoms with Crippen molar-refractivity contribution in [3.05, 3.63) is 35.1 Å². The molecular weight excluding hydrogens is 321 g/mol. The molecule has 0 aromatic heterocycles. The minimum atomic E-state index is -1.27. The van der Waals surface area contributed by atoms with Crippen molar-refractivity contribution in [2.75, 3.05) is 14.2 Å². The van der Waals surface area contributed by atoms with Gasteiger partial charge in [-0.05, 0) is 12.0 Å². The minimum absolute atomic E-state index is 0.131. The summed E-state index contributed by atoms with van der Waals surface area (Å²) in [4.78, 5) is 8.72. The predicted octanol–water partition coefficient (Wildman–Crippen LogP) is 2.95. The molecule has 4 nitrogen and oxygen atoms in total. The van der Waals surface area contributed by atoms with Gasteiger partial charge in [0.1, 0.15) is 11.9 Å². The molecule has 0 N–H and O–H groups in total. The van der Waals surface area contributed by atoms with Gasteiger partial charge in [0, 0.05) is 6.07 Å². The van der Waals surface area contributed by atoms with E-state index in [-0.39, 0.29) is 23.4 Å². The molecule has 2 atom stereocenters. The van der Waals surface area contributed by atoms with Crippen molar-refractivity contribution in [1.82, 2.24) is 0 Å². The van der Waals surface area contributed by atoms with E-state index < -0.39 is 23.5 Å². The smallest absolute Gasteiger partial charge is 0.222 e. The van der Waals surface area contributed by atoms with Crippen LogP contribution in [-0.4, -0.2) is 38.1 Å². The number of halogens is 3. The Kier molecular flexibility index (Phi) is 5.50. The third kappa shape index (κ3) is 3.70. The zero-order valence-corrected chi connectivity index (χ0v) is 13.7. The molecule has 0 bridgehead atoms. The normalized spacial score (nSPS) is 20.0. The molecule has 1 aromatic rings. The summed E-state index contributed by atoms with van der Waals surface area (Å²) >= 11 is 0. The van der Waals surface area contributed by atoms with Crippen LogP contribution >= 0.6 is 0 Å². The summed E-state index contributed by atoms with van der Waals surface area (Å²) in [5.74, 6) is 2.47. The summed E-state index contributed by atoms with van der Waals surface area (Å²) in [6.45, 7) is 3.91. The highest BCUT2D eigenvalue weighted by atomic mass is 19.2. The highest BCUT2D eigenvalue weighted by Crippen LogP contribution is 2.18. The molecule has 1 aliphatic rings. The Labute approximate surface area is 138 Å². The standard InChI is InChI=1S/C17H17F3N2O2/c1-9(2)15-17(24-4)21-14(16(22-15)23-3)6-5-10-7-12(19)13(20)8-11(10)18/h7-9,14-15H,1-4H3. The van der Waals surface area contributed by atoms with Crippen molar-refractivity contribution in [2.45, 2.75) is 25.9 Å². The topological polar surface area (TPSA) is 43.2 Å². The molecule has 128 valence electrons. The van der Waals surface area contributed by atoms with Gasteiger partial charge >= 0.3 is 0 Å². The molecule has 0 amide bonds. The predicted molar refractivity (Wildman–Crippen MR) is 84.5 cm³/mol. The second-order valence-corrected chi connectivity index (χ2v) is 5.45. The highest BCUT2D eigenvalue weighted by Gasteiger charge is 2.30. The first kappa shape index (κ1) is 17.9. The van der Waals surface area contributed by atoms with Crippen LogP contribution in [0.1, 0.15) is 19.4 Å². The molecule has 0 saturated heterocycles. The second-order valence-electron chi connectivity index (χ2n) is 5.45. The van der Waals surface area contributed by atoms with E-state index in [0.29, 0.717) is 18.0 Å². The number of rotatable bonds is 1. The van der Waals surface area contributed by atoms with E-state index in [0.717, 1.165) is 0 Å². The van der Waals surface area contributed by atoms with E-state index in [1.165, 1.54) is 14.2 Å². The van der Waals surface area contributed by atoms with E-state index >= 15 is 0 Å². The molecule has 0 aliphatic carbocycles. The van der Waals surface area contributed by atoms with Gasteiger partial charge in [0.25, 0.3) is 0 Å². The fraction of sp³-hybridized carbons (Fsp3) is 0.412. The average molecular weight is 338 g/mol. The summed E-state index contributed by atoms with van der Waals surface area (Å²) in [6, 6.07) is 0.0297. The number of benzene rings is 1. The van der Waals surface area contributed by atoms with Gasteiger partial charge in [-0.25, -0.2) is 23.2 Å². The highest BCUT2D eigenvalue weighted by molar-refractivity contribution is 5.95. The number of aliphatic imine (C=N–C) groups is 2. The molecule has 2 rings (SSSR count). The van der Waals surface area contributed by atoms with E-state index in [2.05, 4.69) is 21.8 Å². The molecule has 1 heterocycles. The van der Waals surface area contributed by atoms with Gasteiger partial charge in [0.2, 0.25) is 11.8 Å². The van der Waals surface area contributed by atoms with Crippen molar-refractivity contribution in [3.8, 4) is 11.8 Å². The lowest BCUT2D eigenvalue weighted by molar-refractivity contribution is 0.339. The van der Waals surface area contributed by atoms with Crippen LogP contribution in [0.3, 0.4) is 0 Å². The fourth-order valence-electron chi connectivity index (χ4n) is 2.15. The molecule has 2 unspecified atom stereocenters. The Morgan fingerprint density at radius 2 is 1.58 bits per heavy atom. The van der Waals surface area contributed by atoms with Crippen molar-refractivity contribution in [2.24, 2.45) is 15.9 Å². The lowest BCUT2D eigenvalue weighted by Gasteiger charge is -2.24. The molecule has 7 heteroatoms. The van der Waals surface area contributed by atoms with Crippen LogP contribution in [0, 0.1) is 35.2 Å². The number of ether oxygens (including phenoxy) is 2. The van der Waals surface area contributed by atoms with E-state index in [1.54, 1.807) is 0 Å². The molecule has 1 aliphatic heterocycles. The Morgan fingerprint density at radius 3 is 2.17 bits per heavy atom. The first-order chi connectivity index (χ1) is 11.4. The summed E-state index contributed by atoms with van der Waals surface area (Å²) in [5, 5.41) is 0. The van der Waals surface area contributed by atoms with Gasteiger partial charge in [0.15, 0.2) is 17.7 Å². The van der Waals surface area contributed by atoms with Crippen LogP contribution in [0.4, 0.5) is 13.2 Å². The minimum Gasteiger partial charge on any atom is -0.483 e. The number of hydrogen-bond donors (Lipinski definition) is 0. The Bertz CT molecular complexity index is 748. The summed E-state index contributed by atoms with van der Waals surface area (Å²) in [7, 11) is 2.90. The van der Waals surface area contributed by atoms with Crippen LogP contribution in [0.2, 0.25) is 0 Å². The zero-order valence-electron chi connectivity index (χ0n) is 13.7. The fourth-order valence-corrected chi connectivity index (χ4v) is 2.15. The number of nitrogens with zero attached hydrogens (tertiary/aromatic N) is 2. The lowest BCUT2D eigenvalue weighted by Crippen LogP contribution is -2.36. The number of methoxy groups -OCH3 is 2. The third-order valence-electron chi connectivity index (χ3n) is 3.41. The third-order valence-corrected chi connectivity index (χ3v) is 3.41. The van der Waals surface area contributed by atoms with Crippen LogP contribution in [0.15, 0.2) is 22.1 Å². The maximum atomic E-state index is 13.6. The molecule has 0 fully saturated rings. The lowest BCUT2D eigenvalue weighted by atomic mass is 10.0. The van der Waals surface area contributed by atoms with Gasteiger partial charge in [0.05, 0.1) is 19.8 Å². The largest absolute Gasteiger partial charge is 0.483 e. The monoisotopic (exact) mass is 338 g/mol. The first-order valence-corrected chi connectivity index (χ1v) is 7.26. The van der Waals surface area contributed by atoms with Crippen molar-refractivity contribution in [1.29, 1.82) is 0 Å². The van der Waals surface area contributed by atoms with Crippen LogP contribution < -0.4 is 0 Å². The second kappa shape index (κ2) is 7.39. The van der Waals surface area contributed by atoms with Crippen LogP contribution in [-0.2, 0) is 9.47 Å². The molecule has 0 spiro atoms. The van der Waals surface area contributed by atoms with Crippen LogP contribution in [0.5, 0.6) is 0 Å². The Balaban J connectivity index is 2.38. The Hall–Kier alpha value is -2.49. The molecule has 24 heavy (non-hydrogen) atoms. The zero-order chi connectivity index (χ0) is 17.9. The molecule has 0 radical (unpaired) electrons. The van der Waals surface area contributed by atoms with E-state index in [4.69, 9.17) is 9.47 Å². The molecule has 1 aromatic carbocycles. The average Bonchev–Trinajstić information content (AvgIpc) is 2.55. The van der Waals surface area contributed by atoms with Crippen molar-refractivity contribution in [3.63, 3.8) is 0 Å². The van der Waals surface area contributed by atoms with Crippen molar-refractivity contribution >= 4 is 11.8 Å². The van der Waals surface area contributed by atoms with Gasteiger partial charge < -0.3 is 9.47 Å². The number of hydrogen-bond acceptors (Lipinski definition) is 4. The van der Waals surface area contributed by atoms with Crippen LogP contribution in [0.25, 0.3) is 0 Å². The summed E-state index contributed by atoms with van der Waals surface area (Å²) in [6.07, 6.45) is 0.